The zero-order chi connectivity index (χ0) is 14.3. The summed E-state index contributed by atoms with van der Waals surface area (Å²) in [5.41, 5.74) is 2.99. The summed E-state index contributed by atoms with van der Waals surface area (Å²) in [6, 6.07) is 7.21. The normalized spacial score (nSPS) is 29.9. The lowest BCUT2D eigenvalue weighted by molar-refractivity contribution is 0.0966. The number of nitrogens with one attached hydrogen (secondary N) is 2. The van der Waals surface area contributed by atoms with Gasteiger partial charge in [-0.05, 0) is 44.0 Å². The van der Waals surface area contributed by atoms with Crippen molar-refractivity contribution in [2.45, 2.75) is 38.9 Å². The van der Waals surface area contributed by atoms with E-state index in [-0.39, 0.29) is 5.91 Å². The number of nitrogens with zero attached hydrogens (tertiary/aromatic N) is 1. The molecular formula is C16H23N3O. The molecule has 0 aromatic heterocycles. The molecule has 1 aromatic carbocycles. The molecule has 1 saturated heterocycles. The molecule has 4 nitrogen and oxygen atoms in total. The molecule has 2 aliphatic rings. The molecule has 0 unspecified atom stereocenters. The molecule has 3 rings (SSSR count). The van der Waals surface area contributed by atoms with E-state index < -0.39 is 0 Å². The van der Waals surface area contributed by atoms with Crippen LogP contribution in [0, 0.1) is 5.92 Å². The first-order chi connectivity index (χ1) is 9.54. The molecule has 0 aliphatic carbocycles. The van der Waals surface area contributed by atoms with Crippen LogP contribution in [0.1, 0.15) is 36.2 Å². The molecular weight excluding hydrogens is 250 g/mol. The highest BCUT2D eigenvalue weighted by Crippen LogP contribution is 2.26. The summed E-state index contributed by atoms with van der Waals surface area (Å²) in [6.45, 7) is 6.34. The average molecular weight is 273 g/mol. The number of amides is 1. The Balaban J connectivity index is 1.75. The summed E-state index contributed by atoms with van der Waals surface area (Å²) in [4.78, 5) is 14.1. The molecule has 20 heavy (non-hydrogen) atoms. The zero-order valence-corrected chi connectivity index (χ0v) is 12.4. The number of carbonyl (C=O) groups is 1. The van der Waals surface area contributed by atoms with Gasteiger partial charge < -0.3 is 15.5 Å². The average Bonchev–Trinajstić information content (AvgIpc) is 2.78. The van der Waals surface area contributed by atoms with Crippen molar-refractivity contribution in [2.24, 2.45) is 5.92 Å². The monoisotopic (exact) mass is 273 g/mol. The van der Waals surface area contributed by atoms with Crippen molar-refractivity contribution >= 4 is 11.6 Å². The van der Waals surface area contributed by atoms with E-state index in [9.17, 15) is 4.79 Å². The van der Waals surface area contributed by atoms with Gasteiger partial charge in [-0.1, -0.05) is 13.0 Å². The van der Waals surface area contributed by atoms with Gasteiger partial charge in [-0.15, -0.1) is 0 Å². The van der Waals surface area contributed by atoms with Crippen LogP contribution < -0.4 is 10.6 Å². The van der Waals surface area contributed by atoms with Crippen LogP contribution in [0.2, 0.25) is 0 Å². The summed E-state index contributed by atoms with van der Waals surface area (Å²) >= 11 is 0. The molecule has 108 valence electrons. The third-order valence-electron chi connectivity index (χ3n) is 4.76. The maximum Gasteiger partial charge on any atom is 0.251 e. The summed E-state index contributed by atoms with van der Waals surface area (Å²) < 4.78 is 0. The Labute approximate surface area is 120 Å². The fraction of sp³-hybridized carbons (Fsp3) is 0.562. The quantitative estimate of drug-likeness (QED) is 0.867. The van der Waals surface area contributed by atoms with E-state index in [4.69, 9.17) is 0 Å². The Morgan fingerprint density at radius 3 is 2.95 bits per heavy atom. The van der Waals surface area contributed by atoms with Crippen molar-refractivity contribution in [3.63, 3.8) is 0 Å². The fourth-order valence-electron chi connectivity index (χ4n) is 3.26. The van der Waals surface area contributed by atoms with Crippen molar-refractivity contribution in [1.82, 2.24) is 10.2 Å². The number of carbonyl (C=O) groups excluding carboxylic acids is 1. The third kappa shape index (κ3) is 2.40. The number of hydrogen-bond acceptors (Lipinski definition) is 3. The van der Waals surface area contributed by atoms with Crippen molar-refractivity contribution in [2.75, 3.05) is 18.9 Å². The Morgan fingerprint density at radius 2 is 2.15 bits per heavy atom. The smallest absolute Gasteiger partial charge is 0.251 e. The first-order valence-electron chi connectivity index (χ1n) is 7.42. The van der Waals surface area contributed by atoms with E-state index >= 15 is 0 Å². The van der Waals surface area contributed by atoms with Crippen LogP contribution in [0.4, 0.5) is 5.69 Å². The number of benzene rings is 1. The minimum atomic E-state index is 0.0495. The first-order valence-corrected chi connectivity index (χ1v) is 7.42. The molecule has 3 atom stereocenters. The lowest BCUT2D eigenvalue weighted by Crippen LogP contribution is -2.48. The topological polar surface area (TPSA) is 44.4 Å². The Hall–Kier alpha value is -1.55. The number of likely N-dealkylation sites (tertiary alicyclic amines) is 1. The lowest BCUT2D eigenvalue weighted by atomic mass is 9.89. The van der Waals surface area contributed by atoms with Crippen LogP contribution in [0.15, 0.2) is 18.2 Å². The minimum Gasteiger partial charge on any atom is -0.382 e. The number of anilines is 1. The summed E-state index contributed by atoms with van der Waals surface area (Å²) in [5.74, 6) is 0.659. The molecule has 0 radical (unpaired) electrons. The van der Waals surface area contributed by atoms with E-state index in [0.29, 0.717) is 24.5 Å². The maximum absolute atomic E-state index is 11.7. The maximum atomic E-state index is 11.7. The molecule has 4 heteroatoms. The highest BCUT2D eigenvalue weighted by Gasteiger charge is 2.29. The second-order valence-corrected chi connectivity index (χ2v) is 6.31. The van der Waals surface area contributed by atoms with E-state index in [1.807, 2.05) is 6.07 Å². The van der Waals surface area contributed by atoms with Gasteiger partial charge in [-0.3, -0.25) is 4.79 Å². The first kappa shape index (κ1) is 13.4. The zero-order valence-electron chi connectivity index (χ0n) is 12.4. The Bertz CT molecular complexity index is 528. The molecule has 0 saturated carbocycles. The minimum absolute atomic E-state index is 0.0495. The van der Waals surface area contributed by atoms with Crippen LogP contribution >= 0.6 is 0 Å². The van der Waals surface area contributed by atoms with Crippen LogP contribution in [0.5, 0.6) is 0 Å². The van der Waals surface area contributed by atoms with Crippen LogP contribution in [0.3, 0.4) is 0 Å². The van der Waals surface area contributed by atoms with Crippen molar-refractivity contribution in [3.8, 4) is 0 Å². The van der Waals surface area contributed by atoms with Gasteiger partial charge in [-0.25, -0.2) is 0 Å². The highest BCUT2D eigenvalue weighted by atomic mass is 16.1. The second kappa shape index (κ2) is 5.09. The van der Waals surface area contributed by atoms with E-state index in [0.717, 1.165) is 29.8 Å². The van der Waals surface area contributed by atoms with Crippen LogP contribution in [0.25, 0.3) is 0 Å². The van der Waals surface area contributed by atoms with Gasteiger partial charge in [0.1, 0.15) is 0 Å². The molecule has 1 amide bonds. The molecule has 0 spiro atoms. The number of piperidine rings is 1. The summed E-state index contributed by atoms with van der Waals surface area (Å²) in [7, 11) is 2.19. The molecule has 1 fully saturated rings. The molecule has 2 aliphatic heterocycles. The van der Waals surface area contributed by atoms with Gasteiger partial charge in [0.2, 0.25) is 0 Å². The van der Waals surface area contributed by atoms with Crippen molar-refractivity contribution < 1.29 is 4.79 Å². The summed E-state index contributed by atoms with van der Waals surface area (Å²) in [5, 5.41) is 6.49. The van der Waals surface area contributed by atoms with Gasteiger partial charge in [0, 0.05) is 36.4 Å². The predicted molar refractivity (Wildman–Crippen MR) is 80.9 cm³/mol. The second-order valence-electron chi connectivity index (χ2n) is 6.31. The van der Waals surface area contributed by atoms with Gasteiger partial charge in [-0.2, -0.15) is 0 Å². The third-order valence-corrected chi connectivity index (χ3v) is 4.76. The molecule has 2 heterocycles. The van der Waals surface area contributed by atoms with Crippen LogP contribution in [-0.4, -0.2) is 36.5 Å². The highest BCUT2D eigenvalue weighted by molar-refractivity contribution is 5.99. The number of hydrogen-bond donors (Lipinski definition) is 2. The largest absolute Gasteiger partial charge is 0.382 e. The molecule has 2 N–H and O–H groups in total. The summed E-state index contributed by atoms with van der Waals surface area (Å²) in [6.07, 6.45) is 1.14. The predicted octanol–water partition coefficient (Wildman–Crippen LogP) is 2.07. The van der Waals surface area contributed by atoms with Gasteiger partial charge >= 0.3 is 0 Å². The lowest BCUT2D eigenvalue weighted by Gasteiger charge is -2.40. The van der Waals surface area contributed by atoms with Gasteiger partial charge in [0.25, 0.3) is 5.91 Å². The SMILES string of the molecule is C[C@@H]1CN(C)[C@H](C)C[C@@H]1Nc1ccc2c(c1)C(=O)NC2. The Morgan fingerprint density at radius 1 is 1.35 bits per heavy atom. The van der Waals surface area contributed by atoms with Crippen molar-refractivity contribution in [1.29, 1.82) is 0 Å². The van der Waals surface area contributed by atoms with Crippen LogP contribution in [-0.2, 0) is 6.54 Å². The van der Waals surface area contributed by atoms with E-state index in [2.05, 4.69) is 48.6 Å². The number of fused-ring (bicyclic) bond motifs is 1. The van der Waals surface area contributed by atoms with Gasteiger partial charge in [0.15, 0.2) is 0 Å². The molecule has 0 bridgehead atoms. The van der Waals surface area contributed by atoms with Crippen molar-refractivity contribution in [3.05, 3.63) is 29.3 Å². The standard InChI is InChI=1S/C16H23N3O/c1-10-9-19(3)11(2)6-15(10)18-13-5-4-12-8-17-16(20)14(12)7-13/h4-5,7,10-11,15,18H,6,8-9H2,1-3H3,(H,17,20)/t10-,11-,15+/m1/s1. The fourth-order valence-corrected chi connectivity index (χ4v) is 3.26. The Kier molecular flexibility index (Phi) is 3.42. The van der Waals surface area contributed by atoms with E-state index in [1.165, 1.54) is 0 Å². The number of rotatable bonds is 2. The van der Waals surface area contributed by atoms with E-state index in [1.54, 1.807) is 0 Å². The van der Waals surface area contributed by atoms with Gasteiger partial charge in [0.05, 0.1) is 0 Å². The molecule has 1 aromatic rings.